The molecular formula is C41H29N3S. The molecule has 0 saturated carbocycles. The van der Waals surface area contributed by atoms with Crippen molar-refractivity contribution in [2.24, 2.45) is 5.92 Å². The van der Waals surface area contributed by atoms with Crippen molar-refractivity contribution in [2.45, 2.75) is 16.4 Å². The number of benzene rings is 4. The molecule has 3 nitrogen and oxygen atoms in total. The van der Waals surface area contributed by atoms with E-state index in [0.29, 0.717) is 16.4 Å². The van der Waals surface area contributed by atoms with Gasteiger partial charge in [-0.2, -0.15) is 0 Å². The fourth-order valence-electron chi connectivity index (χ4n) is 7.88. The number of para-hydroxylation sites is 3. The van der Waals surface area contributed by atoms with Crippen LogP contribution >= 0.6 is 11.8 Å². The molecule has 0 amide bonds. The van der Waals surface area contributed by atoms with Crippen LogP contribution in [0.15, 0.2) is 157 Å². The first kappa shape index (κ1) is 25.3. The minimum Gasteiger partial charge on any atom is -0.309 e. The Kier molecular flexibility index (Phi) is 5.46. The lowest BCUT2D eigenvalue weighted by molar-refractivity contribution is 0.726. The summed E-state index contributed by atoms with van der Waals surface area (Å²) in [5.74, 6) is 1.69. The molecule has 0 bridgehead atoms. The molecule has 4 unspecified atom stereocenters. The van der Waals surface area contributed by atoms with Gasteiger partial charge in [0.2, 0.25) is 0 Å². The molecule has 10 rings (SSSR count). The highest BCUT2D eigenvalue weighted by Crippen LogP contribution is 2.52. The van der Waals surface area contributed by atoms with Crippen molar-refractivity contribution in [3.8, 4) is 11.5 Å². The first-order chi connectivity index (χ1) is 22.3. The van der Waals surface area contributed by atoms with Gasteiger partial charge >= 0.3 is 0 Å². The average Bonchev–Trinajstić information content (AvgIpc) is 3.75. The normalized spacial score (nSPS) is 22.0. The molecule has 4 heteroatoms. The number of allylic oxidation sites excluding steroid dienone is 6. The lowest BCUT2D eigenvalue weighted by atomic mass is 9.82. The van der Waals surface area contributed by atoms with E-state index in [1.165, 1.54) is 54.9 Å². The van der Waals surface area contributed by atoms with E-state index in [0.717, 1.165) is 11.5 Å². The van der Waals surface area contributed by atoms with Crippen LogP contribution in [-0.4, -0.2) is 24.6 Å². The van der Waals surface area contributed by atoms with Crippen molar-refractivity contribution in [1.82, 2.24) is 14.1 Å². The van der Waals surface area contributed by atoms with E-state index < -0.39 is 0 Å². The fraction of sp³-hybridized carbons (Fsp3) is 0.0976. The van der Waals surface area contributed by atoms with Gasteiger partial charge in [-0.1, -0.05) is 103 Å². The van der Waals surface area contributed by atoms with Gasteiger partial charge in [0.1, 0.15) is 5.82 Å². The first-order valence-electron chi connectivity index (χ1n) is 15.7. The smallest absolute Gasteiger partial charge is 0.137 e. The molecule has 3 aromatic heterocycles. The highest BCUT2D eigenvalue weighted by Gasteiger charge is 2.42. The number of hydrogen-bond donors (Lipinski definition) is 0. The van der Waals surface area contributed by atoms with Crippen LogP contribution in [0, 0.1) is 5.92 Å². The number of hydrogen-bond acceptors (Lipinski definition) is 2. The Bertz CT molecular complexity index is 2440. The lowest BCUT2D eigenvalue weighted by Gasteiger charge is -2.25. The zero-order valence-corrected chi connectivity index (χ0v) is 25.3. The van der Waals surface area contributed by atoms with Gasteiger partial charge < -0.3 is 4.57 Å². The maximum absolute atomic E-state index is 5.44. The third kappa shape index (κ3) is 3.69. The summed E-state index contributed by atoms with van der Waals surface area (Å²) in [5, 5.41) is 5.89. The maximum atomic E-state index is 5.44. The molecule has 2 aliphatic carbocycles. The quantitative estimate of drug-likeness (QED) is 0.203. The van der Waals surface area contributed by atoms with Crippen LogP contribution in [0.4, 0.5) is 0 Å². The van der Waals surface area contributed by atoms with E-state index >= 15 is 0 Å². The third-order valence-corrected chi connectivity index (χ3v) is 11.5. The molecule has 3 aliphatic rings. The highest BCUT2D eigenvalue weighted by molar-refractivity contribution is 8.01. The summed E-state index contributed by atoms with van der Waals surface area (Å²) < 4.78 is 4.77. The Morgan fingerprint density at radius 2 is 1.20 bits per heavy atom. The predicted octanol–water partition coefficient (Wildman–Crippen LogP) is 10.1. The molecule has 4 atom stereocenters. The number of rotatable bonds is 3. The summed E-state index contributed by atoms with van der Waals surface area (Å²) >= 11 is 2.09. The minimum absolute atomic E-state index is 0.242. The number of nitrogens with zero attached hydrogens (tertiary/aromatic N) is 3. The molecule has 0 radical (unpaired) electrons. The van der Waals surface area contributed by atoms with Crippen LogP contribution < -0.4 is 0 Å². The molecule has 45 heavy (non-hydrogen) atoms. The van der Waals surface area contributed by atoms with Crippen molar-refractivity contribution in [3.05, 3.63) is 163 Å². The van der Waals surface area contributed by atoms with Gasteiger partial charge in [-0.15, -0.1) is 11.8 Å². The van der Waals surface area contributed by atoms with E-state index in [1.54, 1.807) is 0 Å². The Labute approximate surface area is 265 Å². The van der Waals surface area contributed by atoms with Gasteiger partial charge in [0.05, 0.1) is 27.8 Å². The summed E-state index contributed by atoms with van der Waals surface area (Å²) in [6, 6.07) is 39.6. The summed E-state index contributed by atoms with van der Waals surface area (Å²) in [6.07, 6.45) is 16.1. The SMILES string of the molecule is C1=CC2SC3C(=CC=CC3c3cccc(-n4c5ccccc5c5cc6c(cc54)c4ccccc4n6-c4ccccc4)n3)C2C=C1. The van der Waals surface area contributed by atoms with Gasteiger partial charge in [0.25, 0.3) is 0 Å². The van der Waals surface area contributed by atoms with Crippen molar-refractivity contribution in [3.63, 3.8) is 0 Å². The number of aromatic nitrogens is 3. The summed E-state index contributed by atoms with van der Waals surface area (Å²) in [6.45, 7) is 0. The van der Waals surface area contributed by atoms with Crippen molar-refractivity contribution < 1.29 is 0 Å². The van der Waals surface area contributed by atoms with Crippen molar-refractivity contribution in [1.29, 1.82) is 0 Å². The topological polar surface area (TPSA) is 22.8 Å². The van der Waals surface area contributed by atoms with E-state index in [9.17, 15) is 0 Å². The Balaban J connectivity index is 1.19. The average molecular weight is 596 g/mol. The van der Waals surface area contributed by atoms with Gasteiger partial charge in [0, 0.05) is 49.6 Å². The van der Waals surface area contributed by atoms with Gasteiger partial charge in [0.15, 0.2) is 0 Å². The van der Waals surface area contributed by atoms with Gasteiger partial charge in [-0.05, 0) is 54.1 Å². The number of pyridine rings is 1. The molecule has 0 spiro atoms. The van der Waals surface area contributed by atoms with Crippen LogP contribution in [0.2, 0.25) is 0 Å². The molecule has 4 aromatic carbocycles. The summed E-state index contributed by atoms with van der Waals surface area (Å²) in [4.78, 5) is 5.44. The second kappa shape index (κ2) is 9.72. The van der Waals surface area contributed by atoms with Crippen LogP contribution in [0.5, 0.6) is 0 Å². The fourth-order valence-corrected chi connectivity index (χ4v) is 9.61. The minimum atomic E-state index is 0.242. The monoisotopic (exact) mass is 595 g/mol. The first-order valence-corrected chi connectivity index (χ1v) is 16.7. The molecule has 1 aliphatic heterocycles. The predicted molar refractivity (Wildman–Crippen MR) is 190 cm³/mol. The van der Waals surface area contributed by atoms with E-state index in [1.807, 2.05) is 0 Å². The maximum Gasteiger partial charge on any atom is 0.137 e. The zero-order chi connectivity index (χ0) is 29.5. The third-order valence-electron chi connectivity index (χ3n) is 9.84. The van der Waals surface area contributed by atoms with Gasteiger partial charge in [-0.25, -0.2) is 4.98 Å². The van der Waals surface area contributed by atoms with Crippen molar-refractivity contribution >= 4 is 55.4 Å². The Morgan fingerprint density at radius 3 is 2.00 bits per heavy atom. The lowest BCUT2D eigenvalue weighted by Crippen LogP contribution is -2.19. The molecule has 214 valence electrons. The largest absolute Gasteiger partial charge is 0.309 e. The van der Waals surface area contributed by atoms with E-state index in [4.69, 9.17) is 4.98 Å². The van der Waals surface area contributed by atoms with Crippen molar-refractivity contribution in [2.75, 3.05) is 0 Å². The Morgan fingerprint density at radius 1 is 0.533 bits per heavy atom. The molecule has 7 aromatic rings. The van der Waals surface area contributed by atoms with Crippen LogP contribution in [-0.2, 0) is 0 Å². The standard InChI is InChI=1S/C41H29N3S/c1-2-12-26(13-3-1)43-35-20-7-4-14-27(35)32-25-38-33(24-37(32)43)28-15-5-8-21-36(28)44(38)40-23-11-19-34(42-40)31-18-10-17-30-29-16-6-9-22-39(29)45-41(30)31/h1-25,29,31,39,41H. The molecule has 1 saturated heterocycles. The summed E-state index contributed by atoms with van der Waals surface area (Å²) in [7, 11) is 0. The molecule has 1 fully saturated rings. The molecule has 0 N–H and O–H groups in total. The Hall–Kier alpha value is -5.06. The molecular weight excluding hydrogens is 567 g/mol. The second-order valence-corrected chi connectivity index (χ2v) is 13.6. The van der Waals surface area contributed by atoms with Crippen LogP contribution in [0.25, 0.3) is 55.1 Å². The second-order valence-electron chi connectivity index (χ2n) is 12.2. The highest BCUT2D eigenvalue weighted by atomic mass is 32.2. The number of fused-ring (bicyclic) bond motifs is 9. The zero-order valence-electron chi connectivity index (χ0n) is 24.5. The number of thioether (sulfide) groups is 1. The van der Waals surface area contributed by atoms with Crippen LogP contribution in [0.1, 0.15) is 11.6 Å². The van der Waals surface area contributed by atoms with Crippen LogP contribution in [0.3, 0.4) is 0 Å². The van der Waals surface area contributed by atoms with E-state index in [2.05, 4.69) is 173 Å². The van der Waals surface area contributed by atoms with Gasteiger partial charge in [-0.3, -0.25) is 4.57 Å². The molecule has 4 heterocycles. The van der Waals surface area contributed by atoms with E-state index in [-0.39, 0.29) is 5.92 Å². The summed E-state index contributed by atoms with van der Waals surface area (Å²) in [5.41, 5.74) is 8.62.